The molecular weight excluding hydrogens is 446 g/mol. The molecule has 0 heterocycles. The van der Waals surface area contributed by atoms with Crippen molar-refractivity contribution >= 4 is 16.1 Å². The third-order valence-corrected chi connectivity index (χ3v) is 8.36. The lowest BCUT2D eigenvalue weighted by Gasteiger charge is -2.34. The average Bonchev–Trinajstić information content (AvgIpc) is 2.82. The molecule has 0 aliphatic heterocycles. The fourth-order valence-corrected chi connectivity index (χ4v) is 5.21. The van der Waals surface area contributed by atoms with Crippen LogP contribution in [0.15, 0.2) is 0 Å². The Morgan fingerprint density at radius 2 is 0.912 bits per heavy atom. The Kier molecular flexibility index (Phi) is 25.2. The largest absolute Gasteiger partial charge is 0.346 e. The predicted octanol–water partition coefficient (Wildman–Crippen LogP) is 8.02. The van der Waals surface area contributed by atoms with E-state index in [-0.39, 0.29) is 12.2 Å². The lowest BCUT2D eigenvalue weighted by atomic mass is 10.1. The van der Waals surface area contributed by atoms with Crippen LogP contribution in [0, 0.1) is 0 Å². The minimum atomic E-state index is -3.69. The molecule has 0 N–H and O–H groups in total. The van der Waals surface area contributed by atoms with Crippen LogP contribution in [0.5, 0.6) is 0 Å². The van der Waals surface area contributed by atoms with Gasteiger partial charge in [-0.05, 0) is 40.5 Å². The molecule has 0 bridgehead atoms. The maximum atomic E-state index is 11.8. The number of unbranched alkanes of at least 4 members (excludes halogenated alkanes) is 13. The van der Waals surface area contributed by atoms with Crippen LogP contribution < -0.4 is 0 Å². The van der Waals surface area contributed by atoms with Crippen molar-refractivity contribution in [3.8, 4) is 0 Å². The average molecular weight is 507 g/mol. The topological polar surface area (TPSA) is 60.4 Å². The number of nitrogens with zero attached hydrogens (tertiary/aromatic N) is 1. The molecule has 0 saturated carbocycles. The van der Waals surface area contributed by atoms with Gasteiger partial charge in [-0.15, -0.1) is 0 Å². The molecule has 0 atom stereocenters. The summed E-state index contributed by atoms with van der Waals surface area (Å²) in [5, 5.41) is 0. The second-order valence-corrected chi connectivity index (χ2v) is 11.4. The first-order valence-corrected chi connectivity index (χ1v) is 16.1. The van der Waals surface area contributed by atoms with E-state index in [1.807, 2.05) is 0 Å². The highest BCUT2D eigenvalue weighted by Gasteiger charge is 2.17. The van der Waals surface area contributed by atoms with Gasteiger partial charge in [0, 0.05) is 6.42 Å². The van der Waals surface area contributed by atoms with E-state index in [0.29, 0.717) is 6.42 Å². The molecule has 0 aromatic carbocycles. The van der Waals surface area contributed by atoms with Crippen LogP contribution >= 0.6 is 0 Å². The molecular formula is C28H60NO4S+. The SMILES string of the molecule is CCCCCCCCCCC(=O)OS(=O)(=O)CCCCCCCCC.CC[N+](CC)(CC)CC. The third kappa shape index (κ3) is 21.9. The van der Waals surface area contributed by atoms with Crippen LogP contribution in [0.3, 0.4) is 0 Å². The van der Waals surface area contributed by atoms with Crippen molar-refractivity contribution in [2.45, 2.75) is 144 Å². The van der Waals surface area contributed by atoms with E-state index in [1.54, 1.807) is 0 Å². The highest BCUT2D eigenvalue weighted by molar-refractivity contribution is 7.87. The summed E-state index contributed by atoms with van der Waals surface area (Å²) in [6, 6.07) is 0. The van der Waals surface area contributed by atoms with E-state index >= 15 is 0 Å². The van der Waals surface area contributed by atoms with E-state index in [0.717, 1.165) is 38.5 Å². The molecule has 0 aromatic heterocycles. The van der Waals surface area contributed by atoms with Crippen molar-refractivity contribution in [1.82, 2.24) is 0 Å². The standard InChI is InChI=1S/C20H40O4S.C8H20N/c1-3-5-7-9-11-12-14-16-18-20(21)24-25(22,23)19-17-15-13-10-8-6-4-2;1-5-9(6-2,7-3)8-4/h3-19H2,1-2H3;5-8H2,1-4H3/q;+1. The molecule has 5 nitrogen and oxygen atoms in total. The monoisotopic (exact) mass is 506 g/mol. The molecule has 0 aromatic rings. The molecule has 34 heavy (non-hydrogen) atoms. The van der Waals surface area contributed by atoms with Gasteiger partial charge >= 0.3 is 16.1 Å². The van der Waals surface area contributed by atoms with E-state index in [1.165, 1.54) is 82.0 Å². The summed E-state index contributed by atoms with van der Waals surface area (Å²) in [5.74, 6) is -0.627. The molecule has 0 unspecified atom stereocenters. The minimum Gasteiger partial charge on any atom is -0.346 e. The van der Waals surface area contributed by atoms with Crippen LogP contribution in [-0.2, 0) is 19.1 Å². The molecule has 0 aliphatic rings. The van der Waals surface area contributed by atoms with Gasteiger partial charge in [0.2, 0.25) is 0 Å². The first kappa shape index (κ1) is 35.5. The van der Waals surface area contributed by atoms with Gasteiger partial charge in [-0.3, -0.25) is 4.79 Å². The number of carbonyl (C=O) groups is 1. The van der Waals surface area contributed by atoms with E-state index in [2.05, 4.69) is 45.7 Å². The summed E-state index contributed by atoms with van der Waals surface area (Å²) in [6.07, 6.45) is 16.7. The van der Waals surface area contributed by atoms with Crippen molar-refractivity contribution < 1.29 is 21.9 Å². The molecule has 0 spiro atoms. The maximum absolute atomic E-state index is 11.8. The summed E-state index contributed by atoms with van der Waals surface area (Å²) in [5.41, 5.74) is 0. The zero-order valence-corrected chi connectivity index (χ0v) is 24.7. The van der Waals surface area contributed by atoms with Crippen molar-refractivity contribution in [2.75, 3.05) is 31.9 Å². The van der Waals surface area contributed by atoms with Gasteiger partial charge in [0.1, 0.15) is 0 Å². The molecule has 0 saturated heterocycles. The Balaban J connectivity index is 0. The number of hydrogen-bond acceptors (Lipinski definition) is 4. The number of carbonyl (C=O) groups excluding carboxylic acids is 1. The van der Waals surface area contributed by atoms with E-state index in [9.17, 15) is 13.2 Å². The highest BCUT2D eigenvalue weighted by atomic mass is 32.2. The van der Waals surface area contributed by atoms with Crippen LogP contribution in [0.1, 0.15) is 144 Å². The zero-order chi connectivity index (χ0) is 26.1. The van der Waals surface area contributed by atoms with Crippen LogP contribution in [0.4, 0.5) is 0 Å². The van der Waals surface area contributed by atoms with Gasteiger partial charge in [-0.2, -0.15) is 8.42 Å². The van der Waals surface area contributed by atoms with Crippen LogP contribution in [0.2, 0.25) is 0 Å². The Morgan fingerprint density at radius 1 is 0.559 bits per heavy atom. The molecule has 206 valence electrons. The first-order chi connectivity index (χ1) is 16.3. The van der Waals surface area contributed by atoms with Crippen LogP contribution in [0.25, 0.3) is 0 Å². The number of rotatable bonds is 22. The van der Waals surface area contributed by atoms with Crippen molar-refractivity contribution in [2.24, 2.45) is 0 Å². The Hall–Kier alpha value is -0.620. The fraction of sp³-hybridized carbons (Fsp3) is 0.964. The fourth-order valence-electron chi connectivity index (χ4n) is 4.21. The summed E-state index contributed by atoms with van der Waals surface area (Å²) in [6.45, 7) is 18.6. The summed E-state index contributed by atoms with van der Waals surface area (Å²) in [4.78, 5) is 11.6. The Morgan fingerprint density at radius 3 is 1.26 bits per heavy atom. The summed E-state index contributed by atoms with van der Waals surface area (Å²) >= 11 is 0. The number of hydrogen-bond donors (Lipinski definition) is 0. The lowest BCUT2D eigenvalue weighted by molar-refractivity contribution is -0.921. The lowest BCUT2D eigenvalue weighted by Crippen LogP contribution is -2.47. The predicted molar refractivity (Wildman–Crippen MR) is 148 cm³/mol. The molecule has 0 rings (SSSR count). The van der Waals surface area contributed by atoms with Crippen LogP contribution in [-0.4, -0.2) is 50.8 Å². The zero-order valence-electron chi connectivity index (χ0n) is 23.8. The minimum absolute atomic E-state index is 0.0378. The molecule has 0 radical (unpaired) electrons. The number of quaternary nitrogens is 1. The Bertz CT molecular complexity index is 527. The smallest absolute Gasteiger partial charge is 0.322 e. The van der Waals surface area contributed by atoms with Gasteiger partial charge in [-0.1, -0.05) is 97.3 Å². The van der Waals surface area contributed by atoms with Gasteiger partial charge in [0.05, 0.1) is 31.9 Å². The first-order valence-electron chi connectivity index (χ1n) is 14.6. The summed E-state index contributed by atoms with van der Waals surface area (Å²) in [7, 11) is -3.69. The molecule has 0 aliphatic carbocycles. The quantitative estimate of drug-likeness (QED) is 0.0847. The second kappa shape index (κ2) is 24.1. The normalized spacial score (nSPS) is 11.7. The van der Waals surface area contributed by atoms with Crippen molar-refractivity contribution in [3.63, 3.8) is 0 Å². The molecule has 6 heteroatoms. The highest BCUT2D eigenvalue weighted by Crippen LogP contribution is 2.12. The molecule has 0 amide bonds. The Labute approximate surface area is 214 Å². The van der Waals surface area contributed by atoms with E-state index in [4.69, 9.17) is 0 Å². The van der Waals surface area contributed by atoms with Crippen molar-refractivity contribution in [1.29, 1.82) is 0 Å². The van der Waals surface area contributed by atoms with Crippen molar-refractivity contribution in [3.05, 3.63) is 0 Å². The summed E-state index contributed by atoms with van der Waals surface area (Å²) < 4.78 is 29.5. The maximum Gasteiger partial charge on any atom is 0.322 e. The van der Waals surface area contributed by atoms with Gasteiger partial charge in [-0.25, -0.2) is 0 Å². The molecule has 0 fully saturated rings. The van der Waals surface area contributed by atoms with E-state index < -0.39 is 16.1 Å². The van der Waals surface area contributed by atoms with Gasteiger partial charge in [0.15, 0.2) is 0 Å². The third-order valence-electron chi connectivity index (χ3n) is 7.14. The van der Waals surface area contributed by atoms with Gasteiger partial charge in [0.25, 0.3) is 0 Å². The van der Waals surface area contributed by atoms with Gasteiger partial charge < -0.3 is 8.67 Å². The second-order valence-electron chi connectivity index (χ2n) is 9.67.